The lowest BCUT2D eigenvalue weighted by Crippen LogP contribution is -2.54. The van der Waals surface area contributed by atoms with Gasteiger partial charge in [-0.1, -0.05) is 24.3 Å². The summed E-state index contributed by atoms with van der Waals surface area (Å²) in [6.07, 6.45) is 4.10. The number of carbonyl (C=O) groups is 3. The Bertz CT molecular complexity index is 799. The van der Waals surface area contributed by atoms with Crippen molar-refractivity contribution in [3.05, 3.63) is 35.4 Å². The molecule has 1 aliphatic carbocycles. The number of nitrogens with two attached hydrogens (primary N) is 1. The molecule has 1 aromatic carbocycles. The van der Waals surface area contributed by atoms with E-state index in [4.69, 9.17) is 5.73 Å². The smallest absolute Gasteiger partial charge is 0.325 e. The van der Waals surface area contributed by atoms with Crippen LogP contribution in [0, 0.1) is 0 Å². The number of rotatable bonds is 3. The molecule has 3 atom stereocenters. The average molecular weight is 407 g/mol. The fourth-order valence-electron chi connectivity index (χ4n) is 4.77. The summed E-state index contributed by atoms with van der Waals surface area (Å²) in [6.45, 7) is 2.30. The third-order valence-corrected chi connectivity index (χ3v) is 6.19. The lowest BCUT2D eigenvalue weighted by atomic mass is 9.92. The Labute approximate surface area is 171 Å². The first kappa shape index (κ1) is 20.6. The maximum Gasteiger partial charge on any atom is 0.325 e. The second-order valence-electron chi connectivity index (χ2n) is 7.89. The average Bonchev–Trinajstić information content (AvgIpc) is 3.15. The van der Waals surface area contributed by atoms with Crippen molar-refractivity contribution >= 4 is 30.3 Å². The van der Waals surface area contributed by atoms with Gasteiger partial charge in [-0.25, -0.2) is 4.79 Å². The molecule has 4 rings (SSSR count). The summed E-state index contributed by atoms with van der Waals surface area (Å²) in [5.41, 5.74) is 6.96. The number of piperidine rings is 1. The summed E-state index contributed by atoms with van der Waals surface area (Å²) in [4.78, 5) is 41.5. The number of urea groups is 1. The van der Waals surface area contributed by atoms with Crippen molar-refractivity contribution in [1.82, 2.24) is 15.1 Å². The highest BCUT2D eigenvalue weighted by molar-refractivity contribution is 6.09. The van der Waals surface area contributed by atoms with Crippen molar-refractivity contribution < 1.29 is 14.4 Å². The fraction of sp³-hybridized carbons (Fsp3) is 0.550. The van der Waals surface area contributed by atoms with E-state index in [0.29, 0.717) is 13.0 Å². The molecule has 4 amide bonds. The van der Waals surface area contributed by atoms with Gasteiger partial charge in [-0.2, -0.15) is 0 Å². The van der Waals surface area contributed by atoms with Crippen molar-refractivity contribution in [3.63, 3.8) is 0 Å². The normalized spacial score (nSPS) is 27.4. The number of halogens is 1. The Morgan fingerprint density at radius 2 is 2.07 bits per heavy atom. The highest BCUT2D eigenvalue weighted by Gasteiger charge is 2.55. The Balaban J connectivity index is 0.00000225. The van der Waals surface area contributed by atoms with Gasteiger partial charge in [-0.15, -0.1) is 12.4 Å². The van der Waals surface area contributed by atoms with Crippen molar-refractivity contribution in [1.29, 1.82) is 0 Å². The number of benzene rings is 1. The summed E-state index contributed by atoms with van der Waals surface area (Å²) in [7, 11) is 0. The molecule has 2 heterocycles. The van der Waals surface area contributed by atoms with Crippen molar-refractivity contribution in [3.8, 4) is 0 Å². The molecule has 7 nitrogen and oxygen atoms in total. The third-order valence-electron chi connectivity index (χ3n) is 6.19. The van der Waals surface area contributed by atoms with Gasteiger partial charge >= 0.3 is 6.03 Å². The van der Waals surface area contributed by atoms with Crippen LogP contribution in [0.5, 0.6) is 0 Å². The highest BCUT2D eigenvalue weighted by Crippen LogP contribution is 2.41. The molecule has 1 spiro atoms. The molecule has 0 aromatic heterocycles. The van der Waals surface area contributed by atoms with Crippen LogP contribution in [0.2, 0.25) is 0 Å². The number of nitrogens with one attached hydrogen (secondary N) is 1. The SMILES string of the molecule is CC(N)C1CCCCN1C(=O)CN1C(=O)NC2(CCc3ccccc32)C1=O.Cl. The molecule has 0 radical (unpaired) electrons. The number of nitrogens with zero attached hydrogens (tertiary/aromatic N) is 2. The molecule has 0 bridgehead atoms. The molecule has 1 aromatic rings. The predicted octanol–water partition coefficient (Wildman–Crippen LogP) is 1.53. The first-order chi connectivity index (χ1) is 12.9. The maximum atomic E-state index is 13.2. The summed E-state index contributed by atoms with van der Waals surface area (Å²) in [5, 5.41) is 2.87. The van der Waals surface area contributed by atoms with Crippen LogP contribution in [0.3, 0.4) is 0 Å². The molecular weight excluding hydrogens is 380 g/mol. The zero-order chi connectivity index (χ0) is 19.2. The molecule has 3 N–H and O–H groups in total. The van der Waals surface area contributed by atoms with Crippen LogP contribution < -0.4 is 11.1 Å². The molecular formula is C20H27ClN4O3. The Morgan fingerprint density at radius 3 is 2.82 bits per heavy atom. The van der Waals surface area contributed by atoms with Gasteiger partial charge in [0.15, 0.2) is 0 Å². The van der Waals surface area contributed by atoms with E-state index in [-0.39, 0.29) is 42.8 Å². The monoisotopic (exact) mass is 406 g/mol. The molecule has 2 aliphatic heterocycles. The largest absolute Gasteiger partial charge is 0.337 e. The molecule has 8 heteroatoms. The van der Waals surface area contributed by atoms with Gasteiger partial charge < -0.3 is 16.0 Å². The van der Waals surface area contributed by atoms with Gasteiger partial charge in [0.05, 0.1) is 0 Å². The van der Waals surface area contributed by atoms with Crippen molar-refractivity contribution in [2.24, 2.45) is 5.73 Å². The fourth-order valence-corrected chi connectivity index (χ4v) is 4.77. The number of carbonyl (C=O) groups excluding carboxylic acids is 3. The van der Waals surface area contributed by atoms with Crippen LogP contribution >= 0.6 is 12.4 Å². The maximum absolute atomic E-state index is 13.2. The highest BCUT2D eigenvalue weighted by atomic mass is 35.5. The number of likely N-dealkylation sites (tertiary alicyclic amines) is 1. The van der Waals surface area contributed by atoms with Gasteiger partial charge in [-0.05, 0) is 50.2 Å². The van der Waals surface area contributed by atoms with Crippen LogP contribution in [-0.4, -0.2) is 52.8 Å². The Kier molecular flexibility index (Phi) is 5.68. The molecule has 152 valence electrons. The van der Waals surface area contributed by atoms with Crippen LogP contribution in [0.25, 0.3) is 0 Å². The van der Waals surface area contributed by atoms with E-state index in [1.54, 1.807) is 4.90 Å². The van der Waals surface area contributed by atoms with E-state index >= 15 is 0 Å². The molecule has 0 saturated carbocycles. The summed E-state index contributed by atoms with van der Waals surface area (Å²) in [5.74, 6) is -0.524. The van der Waals surface area contributed by atoms with Gasteiger partial charge in [0.25, 0.3) is 5.91 Å². The molecule has 2 saturated heterocycles. The molecule has 2 fully saturated rings. The van der Waals surface area contributed by atoms with Gasteiger partial charge in [0.1, 0.15) is 12.1 Å². The second-order valence-corrected chi connectivity index (χ2v) is 7.89. The van der Waals surface area contributed by atoms with E-state index in [9.17, 15) is 14.4 Å². The minimum Gasteiger partial charge on any atom is -0.337 e. The predicted molar refractivity (Wildman–Crippen MR) is 107 cm³/mol. The van der Waals surface area contributed by atoms with E-state index < -0.39 is 11.6 Å². The number of aryl methyl sites for hydroxylation is 1. The lowest BCUT2D eigenvalue weighted by molar-refractivity contribution is -0.141. The van der Waals surface area contributed by atoms with Crippen LogP contribution in [0.1, 0.15) is 43.7 Å². The number of imide groups is 1. The Morgan fingerprint density at radius 1 is 1.32 bits per heavy atom. The molecule has 3 aliphatic rings. The Hall–Kier alpha value is -2.12. The minimum atomic E-state index is -1.02. The quantitative estimate of drug-likeness (QED) is 0.744. The van der Waals surface area contributed by atoms with Crippen LogP contribution in [-0.2, 0) is 21.5 Å². The zero-order valence-electron chi connectivity index (χ0n) is 16.0. The standard InChI is InChI=1S/C20H26N4O3.ClH/c1-13(21)16-8-4-5-11-23(16)17(25)12-24-18(26)20(22-19(24)27)10-9-14-6-2-3-7-15(14)20;/h2-3,6-7,13,16H,4-5,8-12,21H2,1H3,(H,22,27);1H. The van der Waals surface area contributed by atoms with Gasteiger partial charge in [0.2, 0.25) is 5.91 Å². The second kappa shape index (κ2) is 7.72. The molecule has 28 heavy (non-hydrogen) atoms. The van der Waals surface area contributed by atoms with Gasteiger partial charge in [-0.3, -0.25) is 14.5 Å². The lowest BCUT2D eigenvalue weighted by Gasteiger charge is -2.38. The minimum absolute atomic E-state index is 0. The van der Waals surface area contributed by atoms with Crippen LogP contribution in [0.15, 0.2) is 24.3 Å². The third kappa shape index (κ3) is 3.16. The number of hydrogen-bond donors (Lipinski definition) is 2. The van der Waals surface area contributed by atoms with Gasteiger partial charge in [0, 0.05) is 18.6 Å². The number of fused-ring (bicyclic) bond motifs is 2. The summed E-state index contributed by atoms with van der Waals surface area (Å²) in [6, 6.07) is 7.03. The number of amides is 4. The van der Waals surface area contributed by atoms with Crippen molar-refractivity contribution in [2.75, 3.05) is 13.1 Å². The topological polar surface area (TPSA) is 95.7 Å². The van der Waals surface area contributed by atoms with E-state index in [1.165, 1.54) is 0 Å². The van der Waals surface area contributed by atoms with E-state index in [1.807, 2.05) is 31.2 Å². The summed E-state index contributed by atoms with van der Waals surface area (Å²) >= 11 is 0. The first-order valence-corrected chi connectivity index (χ1v) is 9.71. The van der Waals surface area contributed by atoms with E-state index in [2.05, 4.69) is 5.32 Å². The molecule has 3 unspecified atom stereocenters. The summed E-state index contributed by atoms with van der Waals surface area (Å²) < 4.78 is 0. The van der Waals surface area contributed by atoms with Crippen molar-refractivity contribution in [2.45, 2.75) is 56.7 Å². The van der Waals surface area contributed by atoms with E-state index in [0.717, 1.165) is 41.7 Å². The van der Waals surface area contributed by atoms with Crippen LogP contribution in [0.4, 0.5) is 4.79 Å². The first-order valence-electron chi connectivity index (χ1n) is 9.71. The number of hydrogen-bond acceptors (Lipinski definition) is 4. The zero-order valence-corrected chi connectivity index (χ0v) is 16.8.